The first kappa shape index (κ1) is 21.0. The monoisotopic (exact) mass is 406 g/mol. The molecule has 0 aliphatic heterocycles. The van der Waals surface area contributed by atoms with Gasteiger partial charge >= 0.3 is 6.18 Å². The highest BCUT2D eigenvalue weighted by molar-refractivity contribution is 5.94. The van der Waals surface area contributed by atoms with Crippen molar-refractivity contribution in [1.29, 1.82) is 0 Å². The van der Waals surface area contributed by atoms with E-state index in [1.165, 1.54) is 12.1 Å². The van der Waals surface area contributed by atoms with Gasteiger partial charge in [0.05, 0.1) is 12.7 Å². The van der Waals surface area contributed by atoms with Crippen LogP contribution >= 0.6 is 0 Å². The van der Waals surface area contributed by atoms with Crippen LogP contribution in [0.5, 0.6) is 5.75 Å². The number of carbonyl (C=O) groups is 1. The Balaban J connectivity index is 1.46. The van der Waals surface area contributed by atoms with Gasteiger partial charge in [0.2, 0.25) is 0 Å². The summed E-state index contributed by atoms with van der Waals surface area (Å²) in [6, 6.07) is 12.3. The van der Waals surface area contributed by atoms with Gasteiger partial charge in [0.15, 0.2) is 0 Å². The fourth-order valence-corrected chi connectivity index (χ4v) is 3.61. The molecule has 7 heteroatoms. The van der Waals surface area contributed by atoms with Crippen molar-refractivity contribution in [3.8, 4) is 5.75 Å². The number of rotatable bonds is 6. The average Bonchev–Trinajstić information content (AvgIpc) is 2.73. The lowest BCUT2D eigenvalue weighted by Crippen LogP contribution is -2.38. The van der Waals surface area contributed by atoms with Crippen molar-refractivity contribution >= 4 is 11.6 Å². The maximum Gasteiger partial charge on any atom is 0.416 e. The fourth-order valence-electron chi connectivity index (χ4n) is 3.61. The largest absolute Gasteiger partial charge is 0.497 e. The molecular weight excluding hydrogens is 381 g/mol. The van der Waals surface area contributed by atoms with E-state index in [-0.39, 0.29) is 11.6 Å². The van der Waals surface area contributed by atoms with E-state index in [9.17, 15) is 18.0 Å². The summed E-state index contributed by atoms with van der Waals surface area (Å²) in [5, 5.41) is 6.30. The lowest BCUT2D eigenvalue weighted by Gasteiger charge is -2.29. The number of hydrogen-bond acceptors (Lipinski definition) is 3. The molecule has 156 valence electrons. The van der Waals surface area contributed by atoms with Crippen LogP contribution in [0.25, 0.3) is 0 Å². The number of methoxy groups -OCH3 is 1. The second-order valence-corrected chi connectivity index (χ2v) is 7.38. The maximum absolute atomic E-state index is 12.8. The molecule has 1 amide bonds. The zero-order chi connectivity index (χ0) is 20.9. The summed E-state index contributed by atoms with van der Waals surface area (Å²) in [6.07, 6.45) is -0.927. The van der Waals surface area contributed by atoms with Gasteiger partial charge in [0.25, 0.3) is 5.91 Å². The molecule has 0 aromatic heterocycles. The van der Waals surface area contributed by atoms with Gasteiger partial charge in [-0.25, -0.2) is 0 Å². The summed E-state index contributed by atoms with van der Waals surface area (Å²) in [7, 11) is 1.63. The minimum absolute atomic E-state index is 0.00916. The third kappa shape index (κ3) is 5.89. The highest BCUT2D eigenvalue weighted by Crippen LogP contribution is 2.30. The summed E-state index contributed by atoms with van der Waals surface area (Å²) in [5.74, 6) is 0.841. The zero-order valence-corrected chi connectivity index (χ0v) is 16.3. The van der Waals surface area contributed by atoms with E-state index in [2.05, 4.69) is 10.6 Å². The van der Waals surface area contributed by atoms with E-state index in [4.69, 9.17) is 4.74 Å². The molecule has 0 radical (unpaired) electrons. The number of amides is 1. The Hall–Kier alpha value is -2.70. The molecule has 4 nitrogen and oxygen atoms in total. The average molecular weight is 406 g/mol. The normalized spacial score (nSPS) is 19.4. The van der Waals surface area contributed by atoms with Crippen molar-refractivity contribution in [2.24, 2.45) is 5.92 Å². The molecule has 29 heavy (non-hydrogen) atoms. The first-order chi connectivity index (χ1) is 13.8. The smallest absolute Gasteiger partial charge is 0.416 e. The van der Waals surface area contributed by atoms with Crippen LogP contribution in [0.1, 0.15) is 41.6 Å². The molecule has 0 atom stereocenters. The van der Waals surface area contributed by atoms with E-state index in [0.29, 0.717) is 5.92 Å². The van der Waals surface area contributed by atoms with Gasteiger partial charge in [-0.2, -0.15) is 13.2 Å². The molecule has 1 saturated carbocycles. The topological polar surface area (TPSA) is 50.4 Å². The Morgan fingerprint density at radius 1 is 1.07 bits per heavy atom. The lowest BCUT2D eigenvalue weighted by molar-refractivity contribution is -0.137. The van der Waals surface area contributed by atoms with Gasteiger partial charge in [-0.3, -0.25) is 4.79 Å². The third-order valence-corrected chi connectivity index (χ3v) is 5.30. The molecule has 0 heterocycles. The molecule has 0 spiro atoms. The maximum atomic E-state index is 12.8. The summed E-state index contributed by atoms with van der Waals surface area (Å²) >= 11 is 0. The summed E-state index contributed by atoms with van der Waals surface area (Å²) < 4.78 is 43.7. The van der Waals surface area contributed by atoms with Crippen molar-refractivity contribution < 1.29 is 22.7 Å². The number of ether oxygens (including phenoxy) is 1. The lowest BCUT2D eigenvalue weighted by atomic mass is 9.86. The van der Waals surface area contributed by atoms with Crippen LogP contribution in [-0.2, 0) is 6.18 Å². The molecule has 1 aliphatic rings. The minimum Gasteiger partial charge on any atom is -0.497 e. The molecule has 0 unspecified atom stereocenters. The van der Waals surface area contributed by atoms with E-state index in [1.54, 1.807) is 7.11 Å². The van der Waals surface area contributed by atoms with Crippen molar-refractivity contribution in [2.75, 3.05) is 19.0 Å². The van der Waals surface area contributed by atoms with E-state index in [1.807, 2.05) is 24.3 Å². The minimum atomic E-state index is -4.45. The Labute approximate surface area is 168 Å². The van der Waals surface area contributed by atoms with Crippen LogP contribution in [0, 0.1) is 5.92 Å². The molecule has 2 N–H and O–H groups in total. The van der Waals surface area contributed by atoms with Crippen LogP contribution in [0.2, 0.25) is 0 Å². The Kier molecular flexibility index (Phi) is 6.67. The SMILES string of the molecule is COc1cccc(NCC2CCC(NC(=O)c3cccc(C(F)(F)F)c3)CC2)c1. The number of benzene rings is 2. The zero-order valence-electron chi connectivity index (χ0n) is 16.3. The van der Waals surface area contributed by atoms with Gasteiger partial charge in [-0.1, -0.05) is 12.1 Å². The van der Waals surface area contributed by atoms with Crippen LogP contribution in [-0.4, -0.2) is 25.6 Å². The molecule has 1 fully saturated rings. The van der Waals surface area contributed by atoms with Gasteiger partial charge in [0.1, 0.15) is 5.75 Å². The van der Waals surface area contributed by atoms with E-state index < -0.39 is 17.6 Å². The van der Waals surface area contributed by atoms with Gasteiger partial charge in [0, 0.05) is 29.9 Å². The van der Waals surface area contributed by atoms with E-state index >= 15 is 0 Å². The molecular formula is C22H25F3N2O2. The second-order valence-electron chi connectivity index (χ2n) is 7.38. The number of halogens is 3. The number of carbonyl (C=O) groups excluding carboxylic acids is 1. The van der Waals surface area contributed by atoms with Crippen LogP contribution in [0.3, 0.4) is 0 Å². The highest BCUT2D eigenvalue weighted by atomic mass is 19.4. The molecule has 0 saturated heterocycles. The predicted octanol–water partition coefficient (Wildman–Crippen LogP) is 5.11. The molecule has 0 bridgehead atoms. The highest BCUT2D eigenvalue weighted by Gasteiger charge is 2.31. The first-order valence-electron chi connectivity index (χ1n) is 9.71. The number of anilines is 1. The van der Waals surface area contributed by atoms with Crippen LogP contribution in [0.15, 0.2) is 48.5 Å². The van der Waals surface area contributed by atoms with Crippen molar-refractivity contribution in [3.63, 3.8) is 0 Å². The summed E-state index contributed by atoms with van der Waals surface area (Å²) in [5.41, 5.74) is 0.239. The third-order valence-electron chi connectivity index (χ3n) is 5.30. The molecule has 1 aliphatic carbocycles. The van der Waals surface area contributed by atoms with Gasteiger partial charge in [-0.15, -0.1) is 0 Å². The fraction of sp³-hybridized carbons (Fsp3) is 0.409. The first-order valence-corrected chi connectivity index (χ1v) is 9.71. The number of alkyl halides is 3. The standard InChI is InChI=1S/C22H25F3N2O2/c1-29-20-7-3-6-19(13-20)26-14-15-8-10-18(11-9-15)27-21(28)16-4-2-5-17(12-16)22(23,24)25/h2-7,12-13,15,18,26H,8-11,14H2,1H3,(H,27,28). The Morgan fingerprint density at radius 2 is 1.79 bits per heavy atom. The molecule has 2 aromatic rings. The number of nitrogens with one attached hydrogen (secondary N) is 2. The molecule has 2 aromatic carbocycles. The second kappa shape index (κ2) is 9.20. The Morgan fingerprint density at radius 3 is 2.48 bits per heavy atom. The van der Waals surface area contributed by atoms with Crippen molar-refractivity contribution in [3.05, 3.63) is 59.7 Å². The van der Waals surface area contributed by atoms with Crippen molar-refractivity contribution in [1.82, 2.24) is 5.32 Å². The predicted molar refractivity (Wildman–Crippen MR) is 106 cm³/mol. The summed E-state index contributed by atoms with van der Waals surface area (Å²) in [6.45, 7) is 0.835. The van der Waals surface area contributed by atoms with E-state index in [0.717, 1.165) is 55.8 Å². The van der Waals surface area contributed by atoms with Gasteiger partial charge < -0.3 is 15.4 Å². The van der Waals surface area contributed by atoms with Gasteiger partial charge in [-0.05, 0) is 61.9 Å². The van der Waals surface area contributed by atoms with Crippen molar-refractivity contribution in [2.45, 2.75) is 37.9 Å². The Bertz CT molecular complexity index is 831. The van der Waals surface area contributed by atoms with Crippen LogP contribution in [0.4, 0.5) is 18.9 Å². The quantitative estimate of drug-likeness (QED) is 0.701. The van der Waals surface area contributed by atoms with Crippen LogP contribution < -0.4 is 15.4 Å². The summed E-state index contributed by atoms with van der Waals surface area (Å²) in [4.78, 5) is 12.3. The molecule has 3 rings (SSSR count). The number of hydrogen-bond donors (Lipinski definition) is 2.